The molecule has 5 nitrogen and oxygen atoms in total. The number of ether oxygens (including phenoxy) is 2. The molecule has 0 amide bonds. The summed E-state index contributed by atoms with van der Waals surface area (Å²) < 4.78 is 15.8. The van der Waals surface area contributed by atoms with Crippen LogP contribution in [0.3, 0.4) is 0 Å². The van der Waals surface area contributed by atoms with Gasteiger partial charge in [-0.25, -0.2) is 9.59 Å². The second-order valence-electron chi connectivity index (χ2n) is 6.93. The van der Waals surface area contributed by atoms with Gasteiger partial charge >= 0.3 is 11.3 Å². The van der Waals surface area contributed by atoms with Crippen LogP contribution in [0.4, 0.5) is 4.79 Å². The van der Waals surface area contributed by atoms with Gasteiger partial charge in [-0.3, -0.25) is 0 Å². The average molecular weight is 376 g/mol. The normalized spacial score (nSPS) is 11.3. The van der Waals surface area contributed by atoms with E-state index in [2.05, 4.69) is 20.8 Å². The summed E-state index contributed by atoms with van der Waals surface area (Å²) in [5.41, 5.74) is 2.62. The van der Waals surface area contributed by atoms with Crippen molar-refractivity contribution in [2.45, 2.75) is 51.9 Å². The highest BCUT2D eigenvalue weighted by molar-refractivity contribution is 8.13. The molecule has 0 aliphatic carbocycles. The molecule has 0 aliphatic heterocycles. The molecule has 1 aromatic carbocycles. The van der Waals surface area contributed by atoms with Crippen molar-refractivity contribution in [2.24, 2.45) is 0 Å². The Morgan fingerprint density at radius 3 is 2.46 bits per heavy atom. The van der Waals surface area contributed by atoms with Crippen molar-refractivity contribution in [1.82, 2.24) is 0 Å². The lowest BCUT2D eigenvalue weighted by Gasteiger charge is -2.25. The minimum Gasteiger partial charge on any atom is -0.458 e. The standard InChI is InChI=1S/C20H24O5S/c1-7-23-19(22)26-17-13(3)14(20(4,5)6)11-12(2)16(17)25-18(21)15-9-8-10-24-15/h8-11H,7H2,1-6H3. The molecule has 0 saturated heterocycles. The van der Waals surface area contributed by atoms with Crippen molar-refractivity contribution in [2.75, 3.05) is 6.61 Å². The topological polar surface area (TPSA) is 65.7 Å². The first kappa shape index (κ1) is 20.1. The van der Waals surface area contributed by atoms with Crippen LogP contribution in [0, 0.1) is 13.8 Å². The van der Waals surface area contributed by atoms with Crippen LogP contribution in [0.5, 0.6) is 5.75 Å². The molecule has 0 unspecified atom stereocenters. The molecule has 0 atom stereocenters. The van der Waals surface area contributed by atoms with E-state index in [4.69, 9.17) is 13.9 Å². The van der Waals surface area contributed by atoms with E-state index in [1.807, 2.05) is 19.9 Å². The lowest BCUT2D eigenvalue weighted by atomic mass is 9.83. The molecule has 1 heterocycles. The maximum absolute atomic E-state index is 12.3. The molecule has 0 aliphatic rings. The van der Waals surface area contributed by atoms with Gasteiger partial charge in [0.05, 0.1) is 17.8 Å². The monoisotopic (exact) mass is 376 g/mol. The van der Waals surface area contributed by atoms with E-state index in [1.54, 1.807) is 13.0 Å². The number of hydrogen-bond donors (Lipinski definition) is 0. The number of carbonyl (C=O) groups is 2. The second-order valence-corrected chi connectivity index (χ2v) is 7.87. The van der Waals surface area contributed by atoms with Gasteiger partial charge in [-0.2, -0.15) is 0 Å². The Bertz CT molecular complexity index is 801. The van der Waals surface area contributed by atoms with E-state index in [0.717, 1.165) is 28.5 Å². The van der Waals surface area contributed by atoms with Crippen molar-refractivity contribution >= 4 is 23.0 Å². The Morgan fingerprint density at radius 2 is 1.92 bits per heavy atom. The number of hydrogen-bond acceptors (Lipinski definition) is 6. The van der Waals surface area contributed by atoms with Crippen LogP contribution in [0.25, 0.3) is 0 Å². The summed E-state index contributed by atoms with van der Waals surface area (Å²) in [4.78, 5) is 25.0. The molecule has 0 N–H and O–H groups in total. The minimum absolute atomic E-state index is 0.106. The summed E-state index contributed by atoms with van der Waals surface area (Å²) in [6, 6.07) is 5.15. The molecule has 140 valence electrons. The fourth-order valence-corrected chi connectivity index (χ4v) is 3.56. The van der Waals surface area contributed by atoms with Crippen molar-refractivity contribution in [3.63, 3.8) is 0 Å². The molecular weight excluding hydrogens is 352 g/mol. The van der Waals surface area contributed by atoms with E-state index in [-0.39, 0.29) is 17.8 Å². The van der Waals surface area contributed by atoms with Gasteiger partial charge in [0.15, 0.2) is 0 Å². The van der Waals surface area contributed by atoms with Crippen molar-refractivity contribution in [3.05, 3.63) is 46.9 Å². The number of carbonyl (C=O) groups excluding carboxylic acids is 2. The average Bonchev–Trinajstić information content (AvgIpc) is 3.07. The van der Waals surface area contributed by atoms with Gasteiger partial charge in [0.2, 0.25) is 5.76 Å². The third kappa shape index (κ3) is 4.49. The predicted molar refractivity (Wildman–Crippen MR) is 101 cm³/mol. The summed E-state index contributed by atoms with van der Waals surface area (Å²) >= 11 is 0.936. The van der Waals surface area contributed by atoms with Crippen molar-refractivity contribution in [3.8, 4) is 5.75 Å². The number of thioether (sulfide) groups is 1. The van der Waals surface area contributed by atoms with Crippen molar-refractivity contribution < 1.29 is 23.5 Å². The fourth-order valence-electron chi connectivity index (χ4n) is 2.66. The van der Waals surface area contributed by atoms with Crippen LogP contribution in [0.2, 0.25) is 0 Å². The van der Waals surface area contributed by atoms with Crippen LogP contribution in [0.15, 0.2) is 33.8 Å². The van der Waals surface area contributed by atoms with Crippen molar-refractivity contribution in [1.29, 1.82) is 0 Å². The zero-order chi connectivity index (χ0) is 19.5. The second kappa shape index (κ2) is 7.99. The quantitative estimate of drug-likeness (QED) is 0.389. The zero-order valence-electron chi connectivity index (χ0n) is 16.0. The molecule has 0 saturated carbocycles. The Hall–Kier alpha value is -2.21. The molecule has 0 fully saturated rings. The first-order valence-corrected chi connectivity index (χ1v) is 9.21. The maximum Gasteiger partial charge on any atom is 0.379 e. The van der Waals surface area contributed by atoms with Crippen LogP contribution in [0.1, 0.15) is 54.9 Å². The summed E-state index contributed by atoms with van der Waals surface area (Å²) in [6.07, 6.45) is 1.41. The summed E-state index contributed by atoms with van der Waals surface area (Å²) in [6.45, 7) is 12.1. The van der Waals surface area contributed by atoms with E-state index in [9.17, 15) is 9.59 Å². The minimum atomic E-state index is -0.605. The molecular formula is C20H24O5S. The molecule has 26 heavy (non-hydrogen) atoms. The van der Waals surface area contributed by atoms with Gasteiger partial charge in [0, 0.05) is 0 Å². The lowest BCUT2D eigenvalue weighted by molar-refractivity contribution is 0.0695. The third-order valence-electron chi connectivity index (χ3n) is 3.84. The maximum atomic E-state index is 12.3. The van der Waals surface area contributed by atoms with Crippen LogP contribution in [-0.4, -0.2) is 17.9 Å². The van der Waals surface area contributed by atoms with Gasteiger partial charge in [-0.1, -0.05) is 26.8 Å². The molecule has 2 aromatic rings. The lowest BCUT2D eigenvalue weighted by Crippen LogP contribution is -2.16. The molecule has 6 heteroatoms. The highest BCUT2D eigenvalue weighted by atomic mass is 32.2. The van der Waals surface area contributed by atoms with E-state index >= 15 is 0 Å². The van der Waals surface area contributed by atoms with E-state index in [0.29, 0.717) is 10.6 Å². The first-order chi connectivity index (χ1) is 12.1. The van der Waals surface area contributed by atoms with Crippen LogP contribution in [-0.2, 0) is 10.2 Å². The zero-order valence-corrected chi connectivity index (χ0v) is 16.8. The largest absolute Gasteiger partial charge is 0.458 e. The highest BCUT2D eigenvalue weighted by Crippen LogP contribution is 2.42. The third-order valence-corrected chi connectivity index (χ3v) is 4.82. The number of esters is 1. The van der Waals surface area contributed by atoms with Gasteiger partial charge in [0.25, 0.3) is 0 Å². The number of benzene rings is 1. The highest BCUT2D eigenvalue weighted by Gasteiger charge is 2.26. The Kier molecular flexibility index (Phi) is 6.18. The number of rotatable bonds is 4. The Labute approximate surface area is 158 Å². The SMILES string of the molecule is CCOC(=O)Sc1c(C)c(C(C)(C)C)cc(C)c1OC(=O)c1ccco1. The van der Waals surface area contributed by atoms with Gasteiger partial charge in [-0.15, -0.1) is 0 Å². The van der Waals surface area contributed by atoms with E-state index in [1.165, 1.54) is 12.3 Å². The van der Waals surface area contributed by atoms with Gasteiger partial charge < -0.3 is 13.9 Å². The summed E-state index contributed by atoms with van der Waals surface area (Å²) in [5.74, 6) is -0.143. The van der Waals surface area contributed by atoms with E-state index < -0.39 is 11.3 Å². The first-order valence-electron chi connectivity index (χ1n) is 8.40. The fraction of sp³-hybridized carbons (Fsp3) is 0.400. The van der Waals surface area contributed by atoms with Gasteiger partial charge in [0.1, 0.15) is 5.75 Å². The Balaban J connectivity index is 2.52. The Morgan fingerprint density at radius 1 is 1.23 bits per heavy atom. The number of aryl methyl sites for hydroxylation is 1. The van der Waals surface area contributed by atoms with Crippen LogP contribution >= 0.6 is 11.8 Å². The molecule has 1 aromatic heterocycles. The summed E-state index contributed by atoms with van der Waals surface area (Å²) in [7, 11) is 0. The predicted octanol–water partition coefficient (Wildman–Crippen LogP) is 5.66. The molecule has 0 spiro atoms. The van der Waals surface area contributed by atoms with Crippen LogP contribution < -0.4 is 4.74 Å². The smallest absolute Gasteiger partial charge is 0.379 e. The molecule has 0 radical (unpaired) electrons. The summed E-state index contributed by atoms with van der Waals surface area (Å²) in [5, 5.41) is -0.434. The number of furan rings is 1. The molecule has 0 bridgehead atoms. The molecule has 2 rings (SSSR count). The van der Waals surface area contributed by atoms with Gasteiger partial charge in [-0.05, 0) is 66.8 Å².